The van der Waals surface area contributed by atoms with E-state index in [1.165, 1.54) is 0 Å². The van der Waals surface area contributed by atoms with Crippen LogP contribution in [0.25, 0.3) is 32.1 Å². The van der Waals surface area contributed by atoms with Gasteiger partial charge in [0, 0.05) is 41.7 Å². The lowest BCUT2D eigenvalue weighted by Gasteiger charge is -2.04. The summed E-state index contributed by atoms with van der Waals surface area (Å²) in [5.74, 6) is 0. The van der Waals surface area contributed by atoms with Crippen molar-refractivity contribution in [3.05, 3.63) is 116 Å². The second kappa shape index (κ2) is 9.79. The van der Waals surface area contributed by atoms with Crippen LogP contribution in [0.1, 0.15) is 11.3 Å². The summed E-state index contributed by atoms with van der Waals surface area (Å²) in [7, 11) is 0. The molecule has 8 heteroatoms. The fourth-order valence-electron chi connectivity index (χ4n) is 3.05. The maximum atomic E-state index is 11.6. The van der Waals surface area contributed by atoms with Crippen LogP contribution in [0.2, 0.25) is 0 Å². The molecular formula is C24H18N6O2. The second-order valence-corrected chi connectivity index (χ2v) is 6.78. The quantitative estimate of drug-likeness (QED) is 0.461. The van der Waals surface area contributed by atoms with Gasteiger partial charge in [-0.2, -0.15) is 0 Å². The predicted octanol–water partition coefficient (Wildman–Crippen LogP) is 4.59. The van der Waals surface area contributed by atoms with Gasteiger partial charge in [-0.05, 0) is 66.9 Å². The molecule has 0 saturated heterocycles. The van der Waals surface area contributed by atoms with Crippen LogP contribution in [-0.4, -0.2) is 19.9 Å². The molecule has 0 aliphatic carbocycles. The van der Waals surface area contributed by atoms with Crippen molar-refractivity contribution in [1.29, 1.82) is 0 Å². The van der Waals surface area contributed by atoms with Crippen LogP contribution in [0.3, 0.4) is 0 Å². The monoisotopic (exact) mass is 422 g/mol. The molecular weight excluding hydrogens is 404 g/mol. The number of aromatic amines is 2. The summed E-state index contributed by atoms with van der Waals surface area (Å²) in [6.07, 6.45) is 6.59. The Balaban J connectivity index is 0.000000181. The minimum absolute atomic E-state index is 0.122. The van der Waals surface area contributed by atoms with Crippen molar-refractivity contribution in [2.45, 2.75) is 13.8 Å². The molecule has 4 aromatic heterocycles. The van der Waals surface area contributed by atoms with E-state index in [0.717, 1.165) is 16.8 Å². The zero-order valence-corrected chi connectivity index (χ0v) is 17.4. The molecule has 4 rings (SSSR count). The van der Waals surface area contributed by atoms with Crippen LogP contribution < -0.4 is 11.1 Å². The van der Waals surface area contributed by atoms with E-state index in [0.29, 0.717) is 16.8 Å². The average molecular weight is 422 g/mol. The lowest BCUT2D eigenvalue weighted by Crippen LogP contribution is -2.07. The van der Waals surface area contributed by atoms with Gasteiger partial charge in [-0.1, -0.05) is 0 Å². The largest absolute Gasteiger partial charge is 0.335 e. The highest BCUT2D eigenvalue weighted by Gasteiger charge is 2.10. The molecule has 0 aliphatic rings. The standard InChI is InChI=1S/2C12H9N3O/c1-8-7-10(9-3-5-14-6-4-9)11(13-2)12(16)15-8;1-8-7-10(9-3-5-14-6-4-9)15-12(16)11(8)13-2/h2*3-7H,1H3,(H,15,16). The number of aromatic nitrogens is 4. The zero-order valence-electron chi connectivity index (χ0n) is 17.4. The molecule has 0 amide bonds. The van der Waals surface area contributed by atoms with Crippen LogP contribution in [0.4, 0.5) is 11.4 Å². The Morgan fingerprint density at radius 3 is 1.81 bits per heavy atom. The highest BCUT2D eigenvalue weighted by Crippen LogP contribution is 2.26. The third-order valence-electron chi connectivity index (χ3n) is 4.55. The van der Waals surface area contributed by atoms with Gasteiger partial charge in [0.15, 0.2) is 0 Å². The molecule has 32 heavy (non-hydrogen) atoms. The van der Waals surface area contributed by atoms with Crippen molar-refractivity contribution in [3.63, 3.8) is 0 Å². The summed E-state index contributed by atoms with van der Waals surface area (Å²) in [4.78, 5) is 42.8. The third kappa shape index (κ3) is 4.84. The van der Waals surface area contributed by atoms with Gasteiger partial charge >= 0.3 is 0 Å². The van der Waals surface area contributed by atoms with E-state index in [2.05, 4.69) is 29.6 Å². The molecule has 0 spiro atoms. The Kier molecular flexibility index (Phi) is 6.69. The Labute approximate surface area is 183 Å². The molecule has 4 aromatic rings. The first kappa shape index (κ1) is 21.9. The van der Waals surface area contributed by atoms with Crippen molar-refractivity contribution in [1.82, 2.24) is 19.9 Å². The molecule has 0 aliphatic heterocycles. The second-order valence-electron chi connectivity index (χ2n) is 6.78. The number of hydrogen-bond acceptors (Lipinski definition) is 4. The van der Waals surface area contributed by atoms with Crippen molar-refractivity contribution in [2.24, 2.45) is 0 Å². The van der Waals surface area contributed by atoms with Gasteiger partial charge in [0.25, 0.3) is 22.5 Å². The number of H-pyrrole nitrogens is 2. The smallest absolute Gasteiger partial charge is 0.258 e. The Hall–Kier alpha value is -4.82. The van der Waals surface area contributed by atoms with E-state index in [4.69, 9.17) is 13.1 Å². The van der Waals surface area contributed by atoms with Crippen LogP contribution in [0.15, 0.2) is 70.8 Å². The van der Waals surface area contributed by atoms with E-state index in [9.17, 15) is 9.59 Å². The van der Waals surface area contributed by atoms with E-state index in [1.54, 1.807) is 62.9 Å². The fourth-order valence-corrected chi connectivity index (χ4v) is 3.05. The summed E-state index contributed by atoms with van der Waals surface area (Å²) >= 11 is 0. The minimum Gasteiger partial charge on any atom is -0.335 e. The van der Waals surface area contributed by atoms with Gasteiger partial charge in [-0.25, -0.2) is 9.69 Å². The van der Waals surface area contributed by atoms with Crippen LogP contribution >= 0.6 is 0 Å². The zero-order chi connectivity index (χ0) is 23.1. The molecule has 4 heterocycles. The van der Waals surface area contributed by atoms with E-state index < -0.39 is 0 Å². The van der Waals surface area contributed by atoms with Crippen molar-refractivity contribution in [2.75, 3.05) is 0 Å². The first-order valence-corrected chi connectivity index (χ1v) is 9.48. The van der Waals surface area contributed by atoms with Crippen LogP contribution in [0.5, 0.6) is 0 Å². The van der Waals surface area contributed by atoms with Crippen LogP contribution in [-0.2, 0) is 0 Å². The first-order chi connectivity index (χ1) is 15.4. The molecule has 0 radical (unpaired) electrons. The van der Waals surface area contributed by atoms with Crippen LogP contribution in [0, 0.1) is 27.0 Å². The lowest BCUT2D eigenvalue weighted by molar-refractivity contribution is 1.15. The van der Waals surface area contributed by atoms with Gasteiger partial charge in [0.2, 0.25) is 0 Å². The number of rotatable bonds is 2. The van der Waals surface area contributed by atoms with Gasteiger partial charge in [-0.15, -0.1) is 0 Å². The highest BCUT2D eigenvalue weighted by atomic mass is 16.1. The highest BCUT2D eigenvalue weighted by molar-refractivity contribution is 5.77. The van der Waals surface area contributed by atoms with E-state index in [1.807, 2.05) is 12.1 Å². The minimum atomic E-state index is -0.346. The molecule has 156 valence electrons. The topological polar surface area (TPSA) is 100 Å². The van der Waals surface area contributed by atoms with Gasteiger partial charge in [0.05, 0.1) is 13.1 Å². The third-order valence-corrected chi connectivity index (χ3v) is 4.55. The molecule has 0 atom stereocenters. The van der Waals surface area contributed by atoms with E-state index >= 15 is 0 Å². The van der Waals surface area contributed by atoms with Crippen molar-refractivity contribution in [3.8, 4) is 22.4 Å². The summed E-state index contributed by atoms with van der Waals surface area (Å²) in [6.45, 7) is 17.5. The molecule has 2 N–H and O–H groups in total. The number of pyridine rings is 4. The SMILES string of the molecule is [C-]#[N+]c1c(-c2ccncc2)cc(C)[nH]c1=O.[C-]#[N+]c1c(C)cc(-c2ccncc2)[nH]c1=O. The summed E-state index contributed by atoms with van der Waals surface area (Å²) in [5.41, 5.74) is 4.07. The first-order valence-electron chi connectivity index (χ1n) is 9.48. The molecule has 0 aromatic carbocycles. The van der Waals surface area contributed by atoms with Crippen molar-refractivity contribution >= 4 is 11.4 Å². The summed E-state index contributed by atoms with van der Waals surface area (Å²) < 4.78 is 0. The lowest BCUT2D eigenvalue weighted by atomic mass is 10.1. The Morgan fingerprint density at radius 2 is 1.28 bits per heavy atom. The number of nitrogens with zero attached hydrogens (tertiary/aromatic N) is 4. The summed E-state index contributed by atoms with van der Waals surface area (Å²) in [5, 5.41) is 0. The summed E-state index contributed by atoms with van der Waals surface area (Å²) in [6, 6.07) is 10.8. The number of hydrogen-bond donors (Lipinski definition) is 2. The normalized spacial score (nSPS) is 9.75. The number of aryl methyl sites for hydroxylation is 2. The average Bonchev–Trinajstić information content (AvgIpc) is 2.80. The Bertz CT molecular complexity index is 1440. The fraction of sp³-hybridized carbons (Fsp3) is 0.0833. The molecule has 8 nitrogen and oxygen atoms in total. The maximum absolute atomic E-state index is 11.6. The van der Waals surface area contributed by atoms with E-state index in [-0.39, 0.29) is 22.5 Å². The number of nitrogens with one attached hydrogen (secondary N) is 2. The molecule has 0 fully saturated rings. The van der Waals surface area contributed by atoms with Gasteiger partial charge < -0.3 is 9.97 Å². The van der Waals surface area contributed by atoms with Gasteiger partial charge in [0.1, 0.15) is 0 Å². The predicted molar refractivity (Wildman–Crippen MR) is 123 cm³/mol. The molecule has 0 unspecified atom stereocenters. The Morgan fingerprint density at radius 1 is 0.750 bits per heavy atom. The van der Waals surface area contributed by atoms with Crippen molar-refractivity contribution < 1.29 is 0 Å². The maximum Gasteiger partial charge on any atom is 0.258 e. The molecule has 0 bridgehead atoms. The molecule has 0 saturated carbocycles. The van der Waals surface area contributed by atoms with Gasteiger partial charge in [-0.3, -0.25) is 19.6 Å².